The topological polar surface area (TPSA) is 51.5 Å². The van der Waals surface area contributed by atoms with Crippen molar-refractivity contribution in [3.05, 3.63) is 23.2 Å². The molecule has 2 aromatic rings. The maximum atomic E-state index is 12.9. The Morgan fingerprint density at radius 1 is 1.29 bits per heavy atom. The zero-order valence-corrected chi connectivity index (χ0v) is 15.3. The van der Waals surface area contributed by atoms with Crippen molar-refractivity contribution in [2.45, 2.75) is 58.7 Å². The van der Waals surface area contributed by atoms with Crippen LogP contribution in [0.4, 0.5) is 0 Å². The maximum absolute atomic E-state index is 12.9. The number of hydrogen-bond acceptors (Lipinski definition) is 4. The summed E-state index contributed by atoms with van der Waals surface area (Å²) in [6, 6.07) is 4.29. The van der Waals surface area contributed by atoms with E-state index in [0.717, 1.165) is 23.1 Å². The number of hydrogen-bond donors (Lipinski definition) is 0. The molecule has 3 rings (SSSR count). The van der Waals surface area contributed by atoms with Crippen molar-refractivity contribution in [1.82, 2.24) is 9.47 Å². The lowest BCUT2D eigenvalue weighted by atomic mass is 9.97. The van der Waals surface area contributed by atoms with Gasteiger partial charge in [-0.25, -0.2) is 4.79 Å². The van der Waals surface area contributed by atoms with Crippen molar-refractivity contribution in [2.75, 3.05) is 6.61 Å². The molecule has 1 fully saturated rings. The molecule has 0 aliphatic carbocycles. The van der Waals surface area contributed by atoms with Gasteiger partial charge < -0.3 is 14.2 Å². The minimum absolute atomic E-state index is 0.0731. The highest BCUT2D eigenvalue weighted by atomic mass is 32.1. The first-order valence-electron chi connectivity index (χ1n) is 8.58. The predicted octanol–water partition coefficient (Wildman–Crippen LogP) is 3.67. The highest BCUT2D eigenvalue weighted by molar-refractivity contribution is 7.17. The fourth-order valence-corrected chi connectivity index (χ4v) is 4.47. The molecule has 2 aromatic heterocycles. The van der Waals surface area contributed by atoms with E-state index in [-0.39, 0.29) is 30.5 Å². The van der Waals surface area contributed by atoms with Crippen LogP contribution in [0.3, 0.4) is 0 Å². The Morgan fingerprint density at radius 2 is 2.00 bits per heavy atom. The van der Waals surface area contributed by atoms with Crippen molar-refractivity contribution in [3.8, 4) is 0 Å². The van der Waals surface area contributed by atoms with Crippen LogP contribution in [-0.2, 0) is 16.1 Å². The van der Waals surface area contributed by atoms with Gasteiger partial charge in [0, 0.05) is 12.1 Å². The molecular weight excluding hydrogens is 324 g/mol. The summed E-state index contributed by atoms with van der Waals surface area (Å²) in [6.07, 6.45) is 3.25. The summed E-state index contributed by atoms with van der Waals surface area (Å²) < 4.78 is 7.97. The summed E-state index contributed by atoms with van der Waals surface area (Å²) in [5.41, 5.74) is 1.39. The van der Waals surface area contributed by atoms with Crippen LogP contribution in [0.5, 0.6) is 0 Å². The molecule has 1 amide bonds. The first kappa shape index (κ1) is 17.0. The number of piperidine rings is 1. The average Bonchev–Trinajstić information content (AvgIpc) is 3.10. The van der Waals surface area contributed by atoms with E-state index >= 15 is 0 Å². The van der Waals surface area contributed by atoms with Gasteiger partial charge in [0.05, 0.1) is 16.8 Å². The van der Waals surface area contributed by atoms with Crippen LogP contribution in [0.15, 0.2) is 17.5 Å². The number of ether oxygens (including phenoxy) is 1. The molecule has 6 heteroatoms. The smallest absolute Gasteiger partial charge is 0.355 e. The third-order valence-electron chi connectivity index (χ3n) is 4.78. The van der Waals surface area contributed by atoms with Crippen LogP contribution in [-0.4, -0.2) is 40.0 Å². The molecule has 0 N–H and O–H groups in total. The Kier molecular flexibility index (Phi) is 4.94. The minimum Gasteiger partial charge on any atom is -0.461 e. The van der Waals surface area contributed by atoms with Crippen LogP contribution in [0.2, 0.25) is 0 Å². The molecule has 0 saturated carbocycles. The summed E-state index contributed by atoms with van der Waals surface area (Å²) in [5, 5.41) is 1.98. The van der Waals surface area contributed by atoms with Gasteiger partial charge in [-0.1, -0.05) is 0 Å². The average molecular weight is 348 g/mol. The fourth-order valence-electron chi connectivity index (χ4n) is 3.65. The van der Waals surface area contributed by atoms with Gasteiger partial charge in [0.2, 0.25) is 5.91 Å². The number of fused-ring (bicyclic) bond motifs is 1. The lowest BCUT2D eigenvalue weighted by Gasteiger charge is -2.39. The molecule has 0 radical (unpaired) electrons. The molecule has 5 nitrogen and oxygen atoms in total. The van der Waals surface area contributed by atoms with E-state index in [0.29, 0.717) is 12.3 Å². The number of amides is 1. The first-order chi connectivity index (χ1) is 11.5. The van der Waals surface area contributed by atoms with E-state index in [2.05, 4.69) is 13.8 Å². The van der Waals surface area contributed by atoms with Crippen LogP contribution in [0.25, 0.3) is 10.2 Å². The second-order valence-corrected chi connectivity index (χ2v) is 7.38. The van der Waals surface area contributed by atoms with Crippen LogP contribution in [0, 0.1) is 0 Å². The zero-order chi connectivity index (χ0) is 17.3. The van der Waals surface area contributed by atoms with Gasteiger partial charge in [-0.15, -0.1) is 11.3 Å². The maximum Gasteiger partial charge on any atom is 0.355 e. The largest absolute Gasteiger partial charge is 0.461 e. The van der Waals surface area contributed by atoms with Crippen molar-refractivity contribution in [2.24, 2.45) is 0 Å². The van der Waals surface area contributed by atoms with E-state index in [1.165, 1.54) is 6.42 Å². The normalized spacial score (nSPS) is 21.2. The molecule has 1 aliphatic heterocycles. The van der Waals surface area contributed by atoms with Crippen LogP contribution < -0.4 is 0 Å². The molecule has 3 heterocycles. The molecule has 1 aliphatic rings. The molecule has 24 heavy (non-hydrogen) atoms. The van der Waals surface area contributed by atoms with Crippen molar-refractivity contribution < 1.29 is 14.3 Å². The number of carbonyl (C=O) groups is 2. The number of aromatic nitrogens is 1. The lowest BCUT2D eigenvalue weighted by molar-refractivity contribution is -0.137. The van der Waals surface area contributed by atoms with E-state index in [1.807, 2.05) is 22.4 Å². The zero-order valence-electron chi connectivity index (χ0n) is 14.4. The summed E-state index contributed by atoms with van der Waals surface area (Å²) in [4.78, 5) is 27.2. The van der Waals surface area contributed by atoms with Crippen LogP contribution in [0.1, 0.15) is 50.5 Å². The lowest BCUT2D eigenvalue weighted by Crippen LogP contribution is -2.48. The third-order valence-corrected chi connectivity index (χ3v) is 5.64. The molecule has 0 bridgehead atoms. The summed E-state index contributed by atoms with van der Waals surface area (Å²) in [5.74, 6) is -0.294. The van der Waals surface area contributed by atoms with E-state index in [9.17, 15) is 9.59 Å². The monoisotopic (exact) mass is 348 g/mol. The molecule has 1 saturated heterocycles. The Balaban J connectivity index is 1.90. The van der Waals surface area contributed by atoms with E-state index in [4.69, 9.17) is 4.74 Å². The Bertz CT molecular complexity index is 739. The van der Waals surface area contributed by atoms with Crippen molar-refractivity contribution in [1.29, 1.82) is 0 Å². The highest BCUT2D eigenvalue weighted by Crippen LogP contribution is 2.28. The fraction of sp³-hybridized carbons (Fsp3) is 0.556. The number of thiophene rings is 1. The predicted molar refractivity (Wildman–Crippen MR) is 95.4 cm³/mol. The first-order valence-corrected chi connectivity index (χ1v) is 9.46. The summed E-state index contributed by atoms with van der Waals surface area (Å²) >= 11 is 1.57. The highest BCUT2D eigenvalue weighted by Gasteiger charge is 2.30. The van der Waals surface area contributed by atoms with Crippen molar-refractivity contribution in [3.63, 3.8) is 0 Å². The van der Waals surface area contributed by atoms with Gasteiger partial charge >= 0.3 is 5.97 Å². The SMILES string of the molecule is CCOC(=O)c1cc2sccc2n1CC(=O)N1[C@H](C)CCC[C@H]1C. The quantitative estimate of drug-likeness (QED) is 0.792. The number of carbonyl (C=O) groups excluding carboxylic acids is 2. The Morgan fingerprint density at radius 3 is 2.67 bits per heavy atom. The molecule has 0 spiro atoms. The van der Waals surface area contributed by atoms with Gasteiger partial charge in [0.25, 0.3) is 0 Å². The van der Waals surface area contributed by atoms with Gasteiger partial charge in [-0.05, 0) is 57.5 Å². The van der Waals surface area contributed by atoms with Gasteiger partial charge in [0.15, 0.2) is 0 Å². The number of rotatable bonds is 4. The van der Waals surface area contributed by atoms with E-state index < -0.39 is 0 Å². The molecule has 130 valence electrons. The summed E-state index contributed by atoms with van der Waals surface area (Å²) in [7, 11) is 0. The van der Waals surface area contributed by atoms with E-state index in [1.54, 1.807) is 22.8 Å². The second kappa shape index (κ2) is 6.97. The van der Waals surface area contributed by atoms with Gasteiger partial charge in [0.1, 0.15) is 12.2 Å². The second-order valence-electron chi connectivity index (χ2n) is 6.44. The van der Waals surface area contributed by atoms with Gasteiger partial charge in [-0.3, -0.25) is 4.79 Å². The minimum atomic E-state index is -0.367. The van der Waals surface area contributed by atoms with Gasteiger partial charge in [-0.2, -0.15) is 0 Å². The molecule has 2 atom stereocenters. The molecule has 0 aromatic carbocycles. The van der Waals surface area contributed by atoms with Crippen LogP contribution >= 0.6 is 11.3 Å². The summed E-state index contributed by atoms with van der Waals surface area (Å²) in [6.45, 7) is 6.51. The molecular formula is C18H24N2O3S. The molecule has 0 unspecified atom stereocenters. The standard InChI is InChI=1S/C18H24N2O3S/c1-4-23-18(22)15-10-16-14(8-9-24-16)19(15)11-17(21)20-12(2)6-5-7-13(20)3/h8-10,12-13H,4-7,11H2,1-3H3/t12-,13-/m1/s1. The number of likely N-dealkylation sites (tertiary alicyclic amines) is 1. The van der Waals surface area contributed by atoms with Crippen molar-refractivity contribution >= 4 is 33.4 Å². The Hall–Kier alpha value is -1.82. The Labute approximate surface area is 146 Å². The number of nitrogens with zero attached hydrogens (tertiary/aromatic N) is 2. The third kappa shape index (κ3) is 3.07. The number of esters is 1.